The number of rotatable bonds is 7. The van der Waals surface area contributed by atoms with Crippen molar-refractivity contribution in [3.63, 3.8) is 0 Å². The van der Waals surface area contributed by atoms with Gasteiger partial charge in [0.05, 0.1) is 10.7 Å². The first-order chi connectivity index (χ1) is 12.0. The minimum absolute atomic E-state index is 0.205. The number of benzene rings is 2. The van der Waals surface area contributed by atoms with E-state index in [1.807, 2.05) is 31.2 Å². The largest absolute Gasteiger partial charge is 0.480 e. The maximum atomic E-state index is 12.6. The van der Waals surface area contributed by atoms with Gasteiger partial charge in [-0.3, -0.25) is 4.79 Å². The highest BCUT2D eigenvalue weighted by molar-refractivity contribution is 6.33. The average molecular weight is 361 g/mol. The monoisotopic (exact) mass is 360 g/mol. The van der Waals surface area contributed by atoms with Crippen LogP contribution in [0.1, 0.15) is 45.1 Å². The minimum atomic E-state index is -0.581. The molecular formula is C20H25ClN2O2. The Morgan fingerprint density at radius 1 is 1.20 bits per heavy atom. The van der Waals surface area contributed by atoms with Crippen LogP contribution in [-0.2, 0) is 4.79 Å². The summed E-state index contributed by atoms with van der Waals surface area (Å²) in [4.78, 5) is 12.6. The molecule has 0 saturated heterocycles. The molecule has 0 heterocycles. The van der Waals surface area contributed by atoms with Gasteiger partial charge in [-0.05, 0) is 48.6 Å². The number of nitrogen functional groups attached to an aromatic ring is 1. The summed E-state index contributed by atoms with van der Waals surface area (Å²) in [6.07, 6.45) is 0.985. The molecule has 0 unspecified atom stereocenters. The smallest absolute Gasteiger partial charge is 0.265 e. The van der Waals surface area contributed by atoms with Gasteiger partial charge < -0.3 is 15.8 Å². The second-order valence-corrected chi connectivity index (χ2v) is 6.49. The van der Waals surface area contributed by atoms with Crippen molar-refractivity contribution in [1.29, 1.82) is 0 Å². The van der Waals surface area contributed by atoms with Gasteiger partial charge in [-0.15, -0.1) is 0 Å². The zero-order valence-corrected chi connectivity index (χ0v) is 15.6. The molecule has 0 saturated carbocycles. The molecule has 134 valence electrons. The van der Waals surface area contributed by atoms with Crippen LogP contribution in [0.3, 0.4) is 0 Å². The van der Waals surface area contributed by atoms with E-state index in [1.165, 1.54) is 0 Å². The molecule has 2 rings (SSSR count). The Morgan fingerprint density at radius 2 is 1.92 bits per heavy atom. The highest BCUT2D eigenvalue weighted by Gasteiger charge is 2.21. The number of carbonyl (C=O) groups excluding carboxylic acids is 1. The van der Waals surface area contributed by atoms with E-state index in [9.17, 15) is 4.79 Å². The Morgan fingerprint density at radius 3 is 2.56 bits per heavy atom. The van der Waals surface area contributed by atoms with E-state index in [1.54, 1.807) is 18.2 Å². The molecule has 0 aliphatic rings. The zero-order chi connectivity index (χ0) is 18.4. The molecule has 0 aromatic heterocycles. The summed E-state index contributed by atoms with van der Waals surface area (Å²) in [7, 11) is 0. The predicted octanol–water partition coefficient (Wildman–Crippen LogP) is 5.23. The summed E-state index contributed by atoms with van der Waals surface area (Å²) in [5.74, 6) is 0.922. The number of nitrogens with one attached hydrogen (secondary N) is 1. The third-order valence-corrected chi connectivity index (χ3v) is 4.60. The minimum Gasteiger partial charge on any atom is -0.480 e. The van der Waals surface area contributed by atoms with Crippen LogP contribution in [0.2, 0.25) is 5.02 Å². The fraction of sp³-hybridized carbons (Fsp3) is 0.350. The first-order valence-electron chi connectivity index (χ1n) is 8.57. The van der Waals surface area contributed by atoms with Gasteiger partial charge in [-0.2, -0.15) is 0 Å². The fourth-order valence-corrected chi connectivity index (χ4v) is 2.65. The number of nitrogens with two attached hydrogens (primary N) is 1. The Hall–Kier alpha value is -2.20. The molecule has 0 bridgehead atoms. The van der Waals surface area contributed by atoms with Crippen molar-refractivity contribution in [2.45, 2.75) is 45.6 Å². The van der Waals surface area contributed by atoms with Crippen LogP contribution in [0.4, 0.5) is 11.4 Å². The van der Waals surface area contributed by atoms with Gasteiger partial charge in [0.15, 0.2) is 6.10 Å². The van der Waals surface area contributed by atoms with Gasteiger partial charge >= 0.3 is 0 Å². The van der Waals surface area contributed by atoms with Crippen molar-refractivity contribution < 1.29 is 9.53 Å². The molecular weight excluding hydrogens is 336 g/mol. The molecule has 3 N–H and O–H groups in total. The zero-order valence-electron chi connectivity index (χ0n) is 14.9. The molecule has 1 amide bonds. The van der Waals surface area contributed by atoms with Crippen molar-refractivity contribution in [1.82, 2.24) is 0 Å². The number of hydrogen-bond acceptors (Lipinski definition) is 3. The topological polar surface area (TPSA) is 64.3 Å². The lowest BCUT2D eigenvalue weighted by atomic mass is 9.98. The van der Waals surface area contributed by atoms with Gasteiger partial charge in [-0.1, -0.05) is 50.6 Å². The molecule has 2 atom stereocenters. The third-order valence-electron chi connectivity index (χ3n) is 4.26. The van der Waals surface area contributed by atoms with Crippen molar-refractivity contribution in [2.24, 2.45) is 0 Å². The summed E-state index contributed by atoms with van der Waals surface area (Å²) in [5.41, 5.74) is 7.93. The molecule has 0 radical (unpaired) electrons. The van der Waals surface area contributed by atoms with Crippen LogP contribution in [0.5, 0.6) is 5.75 Å². The molecule has 4 nitrogen and oxygen atoms in total. The van der Waals surface area contributed by atoms with E-state index in [4.69, 9.17) is 22.1 Å². The number of ether oxygens (including phenoxy) is 1. The summed E-state index contributed by atoms with van der Waals surface area (Å²) >= 11 is 5.91. The molecule has 0 spiro atoms. The summed E-state index contributed by atoms with van der Waals surface area (Å²) < 4.78 is 6.04. The van der Waals surface area contributed by atoms with Crippen LogP contribution >= 0.6 is 11.6 Å². The second-order valence-electron chi connectivity index (χ2n) is 6.09. The van der Waals surface area contributed by atoms with E-state index in [-0.39, 0.29) is 5.91 Å². The highest BCUT2D eigenvalue weighted by Crippen LogP contribution is 2.30. The Balaban J connectivity index is 2.14. The maximum Gasteiger partial charge on any atom is 0.265 e. The predicted molar refractivity (Wildman–Crippen MR) is 104 cm³/mol. The molecule has 2 aromatic rings. The van der Waals surface area contributed by atoms with Crippen molar-refractivity contribution in [2.75, 3.05) is 11.1 Å². The van der Waals surface area contributed by atoms with E-state index in [2.05, 4.69) is 19.2 Å². The fourth-order valence-electron chi connectivity index (χ4n) is 2.53. The quantitative estimate of drug-likeness (QED) is 0.664. The standard InChI is InChI=1S/C20H25ClN2O2/c1-4-13(3)15-8-6-7-9-19(15)25-18(5-2)20(24)23-14-10-11-16(21)17(22)12-14/h6-13,18H,4-5,22H2,1-3H3,(H,23,24)/t13-,18-/m0/s1. The van der Waals surface area contributed by atoms with Gasteiger partial charge in [0.25, 0.3) is 5.91 Å². The number of amides is 1. The Kier molecular flexibility index (Phi) is 6.71. The lowest BCUT2D eigenvalue weighted by molar-refractivity contribution is -0.122. The van der Waals surface area contributed by atoms with Crippen molar-refractivity contribution in [3.05, 3.63) is 53.1 Å². The lowest BCUT2D eigenvalue weighted by Crippen LogP contribution is -2.32. The first-order valence-corrected chi connectivity index (χ1v) is 8.95. The van der Waals surface area contributed by atoms with E-state index in [0.29, 0.717) is 28.7 Å². The van der Waals surface area contributed by atoms with Crippen LogP contribution in [0, 0.1) is 0 Å². The molecule has 25 heavy (non-hydrogen) atoms. The summed E-state index contributed by atoms with van der Waals surface area (Å²) in [6, 6.07) is 12.9. The van der Waals surface area contributed by atoms with Crippen LogP contribution in [0.25, 0.3) is 0 Å². The second kappa shape index (κ2) is 8.77. The van der Waals surface area contributed by atoms with Crippen LogP contribution in [0.15, 0.2) is 42.5 Å². The summed E-state index contributed by atoms with van der Waals surface area (Å²) in [5, 5.41) is 3.30. The average Bonchev–Trinajstić information content (AvgIpc) is 2.62. The molecule has 2 aromatic carbocycles. The number of para-hydroxylation sites is 1. The van der Waals surface area contributed by atoms with Gasteiger partial charge in [0.2, 0.25) is 0 Å². The Labute approximate surface area is 154 Å². The number of hydrogen-bond donors (Lipinski definition) is 2. The van der Waals surface area contributed by atoms with E-state index >= 15 is 0 Å². The van der Waals surface area contributed by atoms with E-state index < -0.39 is 6.10 Å². The summed E-state index contributed by atoms with van der Waals surface area (Å²) in [6.45, 7) is 6.21. The number of carbonyl (C=O) groups is 1. The normalized spacial score (nSPS) is 13.1. The number of anilines is 2. The molecule has 0 aliphatic heterocycles. The van der Waals surface area contributed by atoms with Crippen LogP contribution < -0.4 is 15.8 Å². The lowest BCUT2D eigenvalue weighted by Gasteiger charge is -2.21. The van der Waals surface area contributed by atoms with Gasteiger partial charge in [0, 0.05) is 5.69 Å². The van der Waals surface area contributed by atoms with Crippen molar-refractivity contribution >= 4 is 28.9 Å². The third kappa shape index (κ3) is 4.89. The van der Waals surface area contributed by atoms with Crippen molar-refractivity contribution in [3.8, 4) is 5.75 Å². The van der Waals surface area contributed by atoms with Gasteiger partial charge in [0.1, 0.15) is 5.75 Å². The highest BCUT2D eigenvalue weighted by atomic mass is 35.5. The molecule has 0 aliphatic carbocycles. The van der Waals surface area contributed by atoms with Crippen LogP contribution in [-0.4, -0.2) is 12.0 Å². The molecule has 0 fully saturated rings. The van der Waals surface area contributed by atoms with Gasteiger partial charge in [-0.25, -0.2) is 0 Å². The van der Waals surface area contributed by atoms with E-state index in [0.717, 1.165) is 17.7 Å². The number of halogens is 1. The Bertz CT molecular complexity index is 733. The first kappa shape index (κ1) is 19.1. The SMILES string of the molecule is CC[C@H](Oc1ccccc1[C@@H](C)CC)C(=O)Nc1ccc(Cl)c(N)c1. The molecule has 5 heteroatoms. The maximum absolute atomic E-state index is 12.6.